The third-order valence-corrected chi connectivity index (χ3v) is 5.13. The van der Waals surface area contributed by atoms with Crippen LogP contribution < -0.4 is 11.1 Å². The molecule has 2 aliphatic rings. The van der Waals surface area contributed by atoms with E-state index in [4.69, 9.17) is 10.5 Å². The number of ether oxygens (including phenoxy) is 1. The molecule has 0 aliphatic heterocycles. The Bertz CT molecular complexity index is 641. The van der Waals surface area contributed by atoms with Gasteiger partial charge in [0.2, 0.25) is 5.91 Å². The van der Waals surface area contributed by atoms with Crippen LogP contribution in [-0.4, -0.2) is 24.4 Å². The average Bonchev–Trinajstić information content (AvgIpc) is 3.16. The van der Waals surface area contributed by atoms with Crippen LogP contribution in [0.15, 0.2) is 24.3 Å². The van der Waals surface area contributed by atoms with E-state index in [0.717, 1.165) is 12.3 Å². The number of carbonyl (C=O) groups is 3. The molecule has 0 saturated heterocycles. The number of fused-ring (bicyclic) bond motifs is 2. The molecule has 2 aliphatic carbocycles. The monoisotopic (exact) mass is 330 g/mol. The van der Waals surface area contributed by atoms with Crippen LogP contribution in [0.3, 0.4) is 0 Å². The van der Waals surface area contributed by atoms with Gasteiger partial charge in [0.25, 0.3) is 5.91 Å². The Balaban J connectivity index is 1.40. The maximum Gasteiger partial charge on any atom is 0.306 e. The molecule has 1 aromatic carbocycles. The van der Waals surface area contributed by atoms with Gasteiger partial charge in [-0.3, -0.25) is 14.4 Å². The van der Waals surface area contributed by atoms with Crippen molar-refractivity contribution in [2.45, 2.75) is 32.1 Å². The fourth-order valence-corrected chi connectivity index (χ4v) is 3.96. The quantitative estimate of drug-likeness (QED) is 0.780. The van der Waals surface area contributed by atoms with Gasteiger partial charge in [-0.1, -0.05) is 6.42 Å². The van der Waals surface area contributed by atoms with Gasteiger partial charge in [-0.2, -0.15) is 0 Å². The minimum Gasteiger partial charge on any atom is -0.456 e. The third kappa shape index (κ3) is 3.93. The van der Waals surface area contributed by atoms with E-state index in [9.17, 15) is 14.4 Å². The number of esters is 1. The first-order valence-corrected chi connectivity index (χ1v) is 8.36. The Hall–Kier alpha value is -2.37. The van der Waals surface area contributed by atoms with Gasteiger partial charge in [-0.05, 0) is 61.3 Å². The number of hydrogen-bond acceptors (Lipinski definition) is 4. The lowest BCUT2D eigenvalue weighted by Crippen LogP contribution is -2.23. The first kappa shape index (κ1) is 16.5. The van der Waals surface area contributed by atoms with Crippen LogP contribution in [0.4, 0.5) is 5.69 Å². The van der Waals surface area contributed by atoms with Gasteiger partial charge in [0.05, 0.1) is 0 Å². The Morgan fingerprint density at radius 1 is 1.12 bits per heavy atom. The van der Waals surface area contributed by atoms with Crippen LogP contribution in [0, 0.1) is 17.8 Å². The third-order valence-electron chi connectivity index (χ3n) is 5.13. The van der Waals surface area contributed by atoms with Gasteiger partial charge in [0.15, 0.2) is 6.61 Å². The normalized spacial score (nSPS) is 24.6. The minimum absolute atomic E-state index is 0.294. The van der Waals surface area contributed by atoms with Crippen molar-refractivity contribution in [2.24, 2.45) is 23.5 Å². The molecule has 0 aromatic heterocycles. The second-order valence-electron chi connectivity index (χ2n) is 6.79. The number of nitrogens with one attached hydrogen (secondary N) is 1. The molecule has 2 fully saturated rings. The summed E-state index contributed by atoms with van der Waals surface area (Å²) in [6.07, 6.45) is 5.32. The highest BCUT2D eigenvalue weighted by Gasteiger charge is 2.40. The summed E-state index contributed by atoms with van der Waals surface area (Å²) >= 11 is 0. The number of benzene rings is 1. The molecule has 1 aromatic rings. The predicted octanol–water partition coefficient (Wildman–Crippen LogP) is 2.09. The number of carbonyl (C=O) groups excluding carboxylic acids is 3. The molecule has 3 rings (SSSR count). The average molecular weight is 330 g/mol. The number of nitrogens with two attached hydrogens (primary N) is 1. The number of primary amides is 1. The molecule has 3 N–H and O–H groups in total. The van der Waals surface area contributed by atoms with E-state index in [0.29, 0.717) is 29.5 Å². The lowest BCUT2D eigenvalue weighted by Gasteiger charge is -2.20. The van der Waals surface area contributed by atoms with Crippen LogP contribution >= 0.6 is 0 Å². The van der Waals surface area contributed by atoms with Crippen LogP contribution in [0.25, 0.3) is 0 Å². The van der Waals surface area contributed by atoms with Crippen molar-refractivity contribution in [2.75, 3.05) is 11.9 Å². The van der Waals surface area contributed by atoms with Crippen LogP contribution in [0.1, 0.15) is 42.5 Å². The molecule has 6 nitrogen and oxygen atoms in total. The predicted molar refractivity (Wildman–Crippen MR) is 88.1 cm³/mol. The Morgan fingerprint density at radius 3 is 2.46 bits per heavy atom. The molecule has 0 unspecified atom stereocenters. The molecule has 0 spiro atoms. The summed E-state index contributed by atoms with van der Waals surface area (Å²) in [6, 6.07) is 6.21. The number of hydrogen-bond donors (Lipinski definition) is 2. The van der Waals surface area contributed by atoms with E-state index in [1.807, 2.05) is 0 Å². The molecule has 24 heavy (non-hydrogen) atoms. The molecule has 2 bridgehead atoms. The zero-order chi connectivity index (χ0) is 17.1. The molecule has 6 heteroatoms. The Morgan fingerprint density at radius 2 is 1.88 bits per heavy atom. The van der Waals surface area contributed by atoms with Crippen molar-refractivity contribution in [3.63, 3.8) is 0 Å². The smallest absolute Gasteiger partial charge is 0.306 e. The summed E-state index contributed by atoms with van der Waals surface area (Å²) in [4.78, 5) is 34.7. The largest absolute Gasteiger partial charge is 0.456 e. The first-order valence-electron chi connectivity index (χ1n) is 8.36. The molecule has 3 atom stereocenters. The minimum atomic E-state index is -0.526. The standard InChI is InChI=1S/C18H22N2O4/c19-18(23)12-3-5-15(6-4-12)20-16(21)10-24-17(22)9-14-8-11-1-2-13(14)7-11/h3-6,11,13-14H,1-2,7-10H2,(H2,19,23)(H,20,21)/t11-,13+,14+/m0/s1. The lowest BCUT2D eigenvalue weighted by molar-refractivity contribution is -0.148. The van der Waals surface area contributed by atoms with Gasteiger partial charge < -0.3 is 15.8 Å². The summed E-state index contributed by atoms with van der Waals surface area (Å²) in [6.45, 7) is -0.294. The maximum atomic E-state index is 11.9. The van der Waals surface area contributed by atoms with Crippen LogP contribution in [-0.2, 0) is 14.3 Å². The van der Waals surface area contributed by atoms with Gasteiger partial charge in [-0.25, -0.2) is 0 Å². The van der Waals surface area contributed by atoms with E-state index in [2.05, 4.69) is 5.32 Å². The molecule has 2 amide bonds. The van der Waals surface area contributed by atoms with E-state index in [1.54, 1.807) is 12.1 Å². The van der Waals surface area contributed by atoms with E-state index < -0.39 is 11.8 Å². The maximum absolute atomic E-state index is 11.9. The van der Waals surface area contributed by atoms with Crippen molar-refractivity contribution in [1.82, 2.24) is 0 Å². The second-order valence-corrected chi connectivity index (χ2v) is 6.79. The summed E-state index contributed by atoms with van der Waals surface area (Å²) in [5.41, 5.74) is 6.04. The van der Waals surface area contributed by atoms with E-state index >= 15 is 0 Å². The SMILES string of the molecule is NC(=O)c1ccc(NC(=O)COC(=O)C[C@H]2C[C@H]3CC[C@@H]2C3)cc1. The molecule has 0 heterocycles. The van der Waals surface area contributed by atoms with Crippen molar-refractivity contribution >= 4 is 23.5 Å². The fourth-order valence-electron chi connectivity index (χ4n) is 3.96. The van der Waals surface area contributed by atoms with Crippen molar-refractivity contribution in [3.8, 4) is 0 Å². The fraction of sp³-hybridized carbons (Fsp3) is 0.500. The van der Waals surface area contributed by atoms with Gasteiger partial charge >= 0.3 is 5.97 Å². The first-order chi connectivity index (χ1) is 11.5. The zero-order valence-electron chi connectivity index (χ0n) is 13.5. The van der Waals surface area contributed by atoms with Crippen molar-refractivity contribution in [1.29, 1.82) is 0 Å². The summed E-state index contributed by atoms with van der Waals surface area (Å²) < 4.78 is 5.08. The van der Waals surface area contributed by atoms with Gasteiger partial charge in [-0.15, -0.1) is 0 Å². The topological polar surface area (TPSA) is 98.5 Å². The Labute approximate surface area is 140 Å². The van der Waals surface area contributed by atoms with E-state index in [-0.39, 0.29) is 12.6 Å². The van der Waals surface area contributed by atoms with Crippen LogP contribution in [0.2, 0.25) is 0 Å². The van der Waals surface area contributed by atoms with Gasteiger partial charge in [0.1, 0.15) is 0 Å². The van der Waals surface area contributed by atoms with Crippen molar-refractivity contribution < 1.29 is 19.1 Å². The Kier molecular flexibility index (Phi) is 4.83. The molecular weight excluding hydrogens is 308 g/mol. The number of rotatable bonds is 6. The highest BCUT2D eigenvalue weighted by Crippen LogP contribution is 2.49. The van der Waals surface area contributed by atoms with E-state index in [1.165, 1.54) is 31.4 Å². The van der Waals surface area contributed by atoms with Gasteiger partial charge in [0, 0.05) is 17.7 Å². The highest BCUT2D eigenvalue weighted by atomic mass is 16.5. The van der Waals surface area contributed by atoms with Crippen LogP contribution in [0.5, 0.6) is 0 Å². The lowest BCUT2D eigenvalue weighted by atomic mass is 9.86. The molecule has 0 radical (unpaired) electrons. The summed E-state index contributed by atoms with van der Waals surface area (Å²) in [5, 5.41) is 2.62. The summed E-state index contributed by atoms with van der Waals surface area (Å²) in [5.74, 6) is 0.664. The molecule has 128 valence electrons. The number of amides is 2. The number of anilines is 1. The summed E-state index contributed by atoms with van der Waals surface area (Å²) in [7, 11) is 0. The molecule has 2 saturated carbocycles. The molecular formula is C18H22N2O4. The second kappa shape index (κ2) is 7.03. The zero-order valence-corrected chi connectivity index (χ0v) is 13.5. The highest BCUT2D eigenvalue weighted by molar-refractivity contribution is 5.95. The van der Waals surface area contributed by atoms with Crippen molar-refractivity contribution in [3.05, 3.63) is 29.8 Å².